The Kier molecular flexibility index (Phi) is 7.17. The van der Waals surface area contributed by atoms with Crippen LogP contribution < -0.4 is 9.88 Å². The topological polar surface area (TPSA) is 116 Å². The number of methoxy groups -OCH3 is 1. The minimum Gasteiger partial charge on any atom is -0.496 e. The molecular weight excluding hydrogens is 452 g/mol. The molecule has 2 rings (SSSR count). The van der Waals surface area contributed by atoms with Crippen molar-refractivity contribution in [2.75, 3.05) is 20.8 Å². The third-order valence-corrected chi connectivity index (χ3v) is 5.52. The zero-order chi connectivity index (χ0) is 20.9. The summed E-state index contributed by atoms with van der Waals surface area (Å²) in [6.45, 7) is -0.190. The van der Waals surface area contributed by atoms with Crippen LogP contribution >= 0.6 is 15.9 Å². The molecule has 0 spiro atoms. The minimum absolute atomic E-state index is 0.103. The van der Waals surface area contributed by atoms with Gasteiger partial charge in [0.2, 0.25) is 10.0 Å². The molecule has 0 unspecified atom stereocenters. The van der Waals surface area contributed by atoms with Crippen molar-refractivity contribution in [2.24, 2.45) is 5.14 Å². The summed E-state index contributed by atoms with van der Waals surface area (Å²) in [6, 6.07) is 11.0. The first-order valence-electron chi connectivity index (χ1n) is 7.99. The number of carbonyl (C=O) groups is 2. The fraction of sp³-hybridized carbons (Fsp3) is 0.222. The van der Waals surface area contributed by atoms with Gasteiger partial charge in [0.15, 0.2) is 6.61 Å². The molecule has 2 aromatic carbocycles. The van der Waals surface area contributed by atoms with Gasteiger partial charge in [0, 0.05) is 18.1 Å². The van der Waals surface area contributed by atoms with Gasteiger partial charge in [-0.15, -0.1) is 0 Å². The summed E-state index contributed by atoms with van der Waals surface area (Å²) in [4.78, 5) is 25.7. The summed E-state index contributed by atoms with van der Waals surface area (Å²) in [5, 5.41) is 5.08. The van der Waals surface area contributed by atoms with Crippen LogP contribution in [-0.4, -0.2) is 46.0 Å². The van der Waals surface area contributed by atoms with Crippen molar-refractivity contribution in [1.82, 2.24) is 4.90 Å². The molecule has 10 heteroatoms. The lowest BCUT2D eigenvalue weighted by Crippen LogP contribution is -2.31. The average molecular weight is 471 g/mol. The summed E-state index contributed by atoms with van der Waals surface area (Å²) in [7, 11) is -1.11. The number of rotatable bonds is 7. The molecule has 2 aromatic rings. The molecular formula is C18H19BrN2O6S. The number of hydrogen-bond acceptors (Lipinski definition) is 6. The molecule has 0 saturated carbocycles. The van der Waals surface area contributed by atoms with Crippen molar-refractivity contribution < 1.29 is 27.5 Å². The highest BCUT2D eigenvalue weighted by atomic mass is 79.9. The molecule has 150 valence electrons. The zero-order valence-electron chi connectivity index (χ0n) is 15.2. The number of nitrogens with zero attached hydrogens (tertiary/aromatic N) is 1. The Labute approximate surface area is 171 Å². The lowest BCUT2D eigenvalue weighted by atomic mass is 10.2. The van der Waals surface area contributed by atoms with Crippen LogP contribution in [0, 0.1) is 0 Å². The van der Waals surface area contributed by atoms with E-state index in [9.17, 15) is 18.0 Å². The van der Waals surface area contributed by atoms with Gasteiger partial charge in [0.05, 0.1) is 12.0 Å². The lowest BCUT2D eigenvalue weighted by molar-refractivity contribution is -0.133. The first kappa shape index (κ1) is 21.9. The van der Waals surface area contributed by atoms with Crippen molar-refractivity contribution in [1.29, 1.82) is 0 Å². The van der Waals surface area contributed by atoms with Crippen LogP contribution in [0.3, 0.4) is 0 Å². The van der Waals surface area contributed by atoms with Crippen molar-refractivity contribution >= 4 is 37.8 Å². The highest BCUT2D eigenvalue weighted by molar-refractivity contribution is 9.10. The van der Waals surface area contributed by atoms with E-state index >= 15 is 0 Å². The minimum atomic E-state index is -4.01. The van der Waals surface area contributed by atoms with E-state index in [0.717, 1.165) is 16.1 Å². The number of esters is 1. The maximum Gasteiger partial charge on any atom is 0.342 e. The van der Waals surface area contributed by atoms with E-state index in [0.29, 0.717) is 6.54 Å². The molecule has 0 heterocycles. The maximum atomic E-state index is 12.3. The molecule has 0 aliphatic heterocycles. The second-order valence-corrected chi connectivity index (χ2v) is 8.24. The molecule has 0 atom stereocenters. The van der Waals surface area contributed by atoms with Crippen LogP contribution in [0.2, 0.25) is 0 Å². The van der Waals surface area contributed by atoms with E-state index in [1.54, 1.807) is 7.05 Å². The van der Waals surface area contributed by atoms with Gasteiger partial charge < -0.3 is 14.4 Å². The number of halogens is 1. The first-order chi connectivity index (χ1) is 13.1. The number of primary sulfonamides is 1. The maximum absolute atomic E-state index is 12.3. The molecule has 1 amide bonds. The number of ether oxygens (including phenoxy) is 2. The smallest absolute Gasteiger partial charge is 0.342 e. The number of amides is 1. The van der Waals surface area contributed by atoms with Crippen LogP contribution in [0.25, 0.3) is 0 Å². The number of nitrogens with two attached hydrogens (primary N) is 1. The van der Waals surface area contributed by atoms with E-state index in [1.807, 2.05) is 24.3 Å². The molecule has 0 radical (unpaired) electrons. The molecule has 8 nitrogen and oxygen atoms in total. The summed E-state index contributed by atoms with van der Waals surface area (Å²) in [5.41, 5.74) is 0.752. The van der Waals surface area contributed by atoms with Gasteiger partial charge in [-0.05, 0) is 29.8 Å². The molecule has 0 aliphatic rings. The van der Waals surface area contributed by atoms with Gasteiger partial charge in [0.1, 0.15) is 11.3 Å². The SMILES string of the molecule is COc1ccc(S(N)(=O)=O)cc1C(=O)OCC(=O)N(C)Cc1ccccc1Br. The lowest BCUT2D eigenvalue weighted by Gasteiger charge is -2.18. The van der Waals surface area contributed by atoms with Gasteiger partial charge in [-0.2, -0.15) is 0 Å². The Hall–Kier alpha value is -2.43. The molecule has 28 heavy (non-hydrogen) atoms. The Balaban J connectivity index is 2.07. The fourth-order valence-corrected chi connectivity index (χ4v) is 3.26. The molecule has 0 fully saturated rings. The number of likely N-dealkylation sites (N-methyl/N-ethyl adjacent to an activating group) is 1. The van der Waals surface area contributed by atoms with Gasteiger partial charge >= 0.3 is 5.97 Å². The largest absolute Gasteiger partial charge is 0.496 e. The van der Waals surface area contributed by atoms with E-state index in [2.05, 4.69) is 15.9 Å². The van der Waals surface area contributed by atoms with Crippen molar-refractivity contribution in [2.45, 2.75) is 11.4 Å². The number of sulfonamides is 1. The number of carbonyl (C=O) groups excluding carboxylic acids is 2. The van der Waals surface area contributed by atoms with Gasteiger partial charge in [0.25, 0.3) is 5.91 Å². The van der Waals surface area contributed by atoms with Gasteiger partial charge in [-0.25, -0.2) is 18.4 Å². The highest BCUT2D eigenvalue weighted by Crippen LogP contribution is 2.23. The predicted octanol–water partition coefficient (Wildman–Crippen LogP) is 1.92. The van der Waals surface area contributed by atoms with E-state index in [4.69, 9.17) is 14.6 Å². The highest BCUT2D eigenvalue weighted by Gasteiger charge is 2.20. The van der Waals surface area contributed by atoms with E-state index in [-0.39, 0.29) is 16.2 Å². The molecule has 2 N–H and O–H groups in total. The van der Waals surface area contributed by atoms with Gasteiger partial charge in [-0.3, -0.25) is 4.79 Å². The Morgan fingerprint density at radius 2 is 1.86 bits per heavy atom. The molecule has 0 aliphatic carbocycles. The van der Waals surface area contributed by atoms with Crippen LogP contribution in [0.15, 0.2) is 51.8 Å². The van der Waals surface area contributed by atoms with Crippen LogP contribution in [-0.2, 0) is 26.1 Å². The Morgan fingerprint density at radius 3 is 2.46 bits per heavy atom. The first-order valence-corrected chi connectivity index (χ1v) is 10.3. The van der Waals surface area contributed by atoms with Gasteiger partial charge in [-0.1, -0.05) is 34.1 Å². The van der Waals surface area contributed by atoms with E-state index < -0.39 is 28.5 Å². The predicted molar refractivity (Wildman–Crippen MR) is 105 cm³/mol. The molecule has 0 aromatic heterocycles. The Morgan fingerprint density at radius 1 is 1.18 bits per heavy atom. The second kappa shape index (κ2) is 9.18. The number of benzene rings is 2. The normalized spacial score (nSPS) is 11.0. The molecule has 0 saturated heterocycles. The fourth-order valence-electron chi connectivity index (χ4n) is 2.31. The average Bonchev–Trinajstić information content (AvgIpc) is 2.66. The summed E-state index contributed by atoms with van der Waals surface area (Å²) in [6.07, 6.45) is 0. The third kappa shape index (κ3) is 5.54. The van der Waals surface area contributed by atoms with Crippen molar-refractivity contribution in [3.05, 3.63) is 58.1 Å². The Bertz CT molecular complexity index is 993. The summed E-state index contributed by atoms with van der Waals surface area (Å²) in [5.74, 6) is -1.22. The van der Waals surface area contributed by atoms with Crippen LogP contribution in [0.1, 0.15) is 15.9 Å². The quantitative estimate of drug-likeness (QED) is 0.617. The van der Waals surface area contributed by atoms with Crippen molar-refractivity contribution in [3.63, 3.8) is 0 Å². The van der Waals surface area contributed by atoms with Crippen LogP contribution in [0.5, 0.6) is 5.75 Å². The number of hydrogen-bond donors (Lipinski definition) is 1. The summed E-state index contributed by atoms with van der Waals surface area (Å²) >= 11 is 3.41. The van der Waals surface area contributed by atoms with Crippen molar-refractivity contribution in [3.8, 4) is 5.75 Å². The van der Waals surface area contributed by atoms with E-state index in [1.165, 1.54) is 24.1 Å². The zero-order valence-corrected chi connectivity index (χ0v) is 17.6. The molecule has 0 bridgehead atoms. The monoisotopic (exact) mass is 470 g/mol. The second-order valence-electron chi connectivity index (χ2n) is 5.82. The summed E-state index contributed by atoms with van der Waals surface area (Å²) < 4.78 is 33.9. The standard InChI is InChI=1S/C18H19BrN2O6S/c1-21(10-12-5-3-4-6-15(12)19)17(22)11-27-18(23)14-9-13(28(20,24)25)7-8-16(14)26-2/h3-9H,10-11H2,1-2H3,(H2,20,24,25). The van der Waals surface area contributed by atoms with Crippen LogP contribution in [0.4, 0.5) is 0 Å². The third-order valence-electron chi connectivity index (χ3n) is 3.84.